The normalized spacial score (nSPS) is 18.4. The van der Waals surface area contributed by atoms with Gasteiger partial charge in [0, 0.05) is 0 Å². The molecule has 0 spiro atoms. The van der Waals surface area contributed by atoms with Crippen molar-refractivity contribution in [1.29, 1.82) is 0 Å². The zero-order chi connectivity index (χ0) is 12.5. The molecule has 0 aromatic carbocycles. The highest BCUT2D eigenvalue weighted by Crippen LogP contribution is 2.24. The molecule has 0 aromatic rings. The second-order valence-corrected chi connectivity index (χ2v) is 4.14. The van der Waals surface area contributed by atoms with E-state index in [2.05, 4.69) is 9.99 Å². The van der Waals surface area contributed by atoms with Gasteiger partial charge in [-0.3, -0.25) is 0 Å². The Morgan fingerprint density at radius 2 is 2.06 bits per heavy atom. The third-order valence-electron chi connectivity index (χ3n) is 2.85. The van der Waals surface area contributed by atoms with Crippen LogP contribution in [0.15, 0.2) is 17.3 Å². The largest absolute Gasteiger partial charge is 0.461 e. The number of rotatable bonds is 5. The lowest BCUT2D eigenvalue weighted by Gasteiger charge is -2.17. The minimum atomic E-state index is -0.429. The molecule has 0 radical (unpaired) electrons. The Hall–Kier alpha value is -1.32. The SMILES string of the molecule is CCOC(=O)C(/C=C/C1CCCCC1)=NOC. The minimum absolute atomic E-state index is 0.236. The Labute approximate surface area is 103 Å². The van der Waals surface area contributed by atoms with Crippen molar-refractivity contribution in [2.75, 3.05) is 13.7 Å². The third-order valence-corrected chi connectivity index (χ3v) is 2.85. The molecule has 1 aliphatic rings. The Morgan fingerprint density at radius 1 is 1.35 bits per heavy atom. The van der Waals surface area contributed by atoms with Gasteiger partial charge in [-0.2, -0.15) is 0 Å². The molecule has 1 saturated carbocycles. The molecule has 1 fully saturated rings. The maximum Gasteiger partial charge on any atom is 0.360 e. The molecule has 4 nitrogen and oxygen atoms in total. The van der Waals surface area contributed by atoms with Crippen molar-refractivity contribution in [3.05, 3.63) is 12.2 Å². The molecule has 17 heavy (non-hydrogen) atoms. The third kappa shape index (κ3) is 5.02. The van der Waals surface area contributed by atoms with E-state index < -0.39 is 5.97 Å². The molecule has 0 heterocycles. The van der Waals surface area contributed by atoms with Crippen LogP contribution in [0.3, 0.4) is 0 Å². The molecule has 0 amide bonds. The van der Waals surface area contributed by atoms with Gasteiger partial charge in [0.15, 0.2) is 5.71 Å². The standard InChI is InChI=1S/C13H21NO3/c1-3-17-13(15)12(14-16-2)10-9-11-7-5-4-6-8-11/h9-11H,3-8H2,1-2H3/b10-9+,14-12?. The van der Waals surface area contributed by atoms with Crippen LogP contribution in [0.1, 0.15) is 39.0 Å². The Bertz CT molecular complexity index is 291. The van der Waals surface area contributed by atoms with Crippen LogP contribution in [0.25, 0.3) is 0 Å². The number of allylic oxidation sites excluding steroid dienone is 1. The molecule has 96 valence electrons. The number of esters is 1. The van der Waals surface area contributed by atoms with Crippen molar-refractivity contribution in [3.63, 3.8) is 0 Å². The van der Waals surface area contributed by atoms with Gasteiger partial charge in [-0.15, -0.1) is 0 Å². The van der Waals surface area contributed by atoms with E-state index in [4.69, 9.17) is 4.74 Å². The second kappa shape index (κ2) is 7.87. The van der Waals surface area contributed by atoms with Crippen molar-refractivity contribution in [3.8, 4) is 0 Å². The van der Waals surface area contributed by atoms with E-state index in [1.54, 1.807) is 13.0 Å². The maximum absolute atomic E-state index is 11.5. The van der Waals surface area contributed by atoms with Gasteiger partial charge in [0.25, 0.3) is 0 Å². The molecule has 0 N–H and O–H groups in total. The molecular weight excluding hydrogens is 218 g/mol. The molecule has 0 unspecified atom stereocenters. The van der Waals surface area contributed by atoms with E-state index in [1.807, 2.05) is 6.08 Å². The summed E-state index contributed by atoms with van der Waals surface area (Å²) in [6.07, 6.45) is 10.0. The average molecular weight is 239 g/mol. The molecule has 1 rings (SSSR count). The molecule has 0 bridgehead atoms. The van der Waals surface area contributed by atoms with Crippen molar-refractivity contribution < 1.29 is 14.4 Å². The molecule has 0 atom stereocenters. The van der Waals surface area contributed by atoms with Crippen LogP contribution in [0, 0.1) is 5.92 Å². The fourth-order valence-corrected chi connectivity index (χ4v) is 1.99. The van der Waals surface area contributed by atoms with E-state index in [0.29, 0.717) is 12.5 Å². The van der Waals surface area contributed by atoms with Gasteiger partial charge in [-0.25, -0.2) is 4.79 Å². The van der Waals surface area contributed by atoms with Gasteiger partial charge < -0.3 is 9.57 Å². The molecule has 0 aliphatic heterocycles. The number of hydrogen-bond donors (Lipinski definition) is 0. The number of carbonyl (C=O) groups excluding carboxylic acids is 1. The van der Waals surface area contributed by atoms with Crippen LogP contribution in [0.2, 0.25) is 0 Å². The van der Waals surface area contributed by atoms with Crippen molar-refractivity contribution in [2.24, 2.45) is 11.1 Å². The number of hydrogen-bond acceptors (Lipinski definition) is 4. The predicted molar refractivity (Wildman–Crippen MR) is 66.8 cm³/mol. The lowest BCUT2D eigenvalue weighted by Crippen LogP contribution is -2.16. The zero-order valence-corrected chi connectivity index (χ0v) is 10.6. The second-order valence-electron chi connectivity index (χ2n) is 4.14. The summed E-state index contributed by atoms with van der Waals surface area (Å²) in [7, 11) is 1.42. The van der Waals surface area contributed by atoms with E-state index in [0.717, 1.165) is 0 Å². The first-order valence-corrected chi connectivity index (χ1v) is 6.24. The summed E-state index contributed by atoms with van der Waals surface area (Å²) in [4.78, 5) is 16.2. The summed E-state index contributed by atoms with van der Waals surface area (Å²) in [5, 5.41) is 3.68. The number of ether oxygens (including phenoxy) is 1. The summed E-state index contributed by atoms with van der Waals surface area (Å²) in [6, 6.07) is 0. The summed E-state index contributed by atoms with van der Waals surface area (Å²) >= 11 is 0. The summed E-state index contributed by atoms with van der Waals surface area (Å²) in [5.41, 5.74) is 0.236. The monoisotopic (exact) mass is 239 g/mol. The van der Waals surface area contributed by atoms with Crippen LogP contribution in [0.5, 0.6) is 0 Å². The van der Waals surface area contributed by atoms with Crippen molar-refractivity contribution in [1.82, 2.24) is 0 Å². The van der Waals surface area contributed by atoms with E-state index in [-0.39, 0.29) is 5.71 Å². The first kappa shape index (κ1) is 13.7. The zero-order valence-electron chi connectivity index (χ0n) is 10.6. The quantitative estimate of drug-likeness (QED) is 0.421. The van der Waals surface area contributed by atoms with E-state index in [9.17, 15) is 4.79 Å². The Kier molecular flexibility index (Phi) is 6.37. The number of nitrogens with zero attached hydrogens (tertiary/aromatic N) is 1. The van der Waals surface area contributed by atoms with Gasteiger partial charge in [0.1, 0.15) is 7.11 Å². The molecule has 1 aliphatic carbocycles. The first-order valence-electron chi connectivity index (χ1n) is 6.24. The maximum atomic E-state index is 11.5. The highest BCUT2D eigenvalue weighted by Gasteiger charge is 2.13. The summed E-state index contributed by atoms with van der Waals surface area (Å²) in [6.45, 7) is 2.12. The average Bonchev–Trinajstić information content (AvgIpc) is 2.36. The van der Waals surface area contributed by atoms with Gasteiger partial charge >= 0.3 is 5.97 Å². The van der Waals surface area contributed by atoms with Crippen molar-refractivity contribution >= 4 is 11.7 Å². The van der Waals surface area contributed by atoms with E-state index in [1.165, 1.54) is 39.2 Å². The fraction of sp³-hybridized carbons (Fsp3) is 0.692. The predicted octanol–water partition coefficient (Wildman–Crippen LogP) is 2.69. The summed E-state index contributed by atoms with van der Waals surface area (Å²) in [5.74, 6) is 0.127. The Balaban J connectivity index is 2.56. The number of carbonyl (C=O) groups is 1. The van der Waals surface area contributed by atoms with Gasteiger partial charge in [-0.1, -0.05) is 30.5 Å². The van der Waals surface area contributed by atoms with Crippen molar-refractivity contribution in [2.45, 2.75) is 39.0 Å². The number of oxime groups is 1. The lowest BCUT2D eigenvalue weighted by molar-refractivity contribution is -0.135. The molecule has 0 saturated heterocycles. The molecular formula is C13H21NO3. The van der Waals surface area contributed by atoms with Crippen LogP contribution in [-0.4, -0.2) is 25.4 Å². The van der Waals surface area contributed by atoms with E-state index >= 15 is 0 Å². The van der Waals surface area contributed by atoms with Crippen LogP contribution in [0.4, 0.5) is 0 Å². The van der Waals surface area contributed by atoms with Gasteiger partial charge in [0.2, 0.25) is 0 Å². The smallest absolute Gasteiger partial charge is 0.360 e. The highest BCUT2D eigenvalue weighted by molar-refractivity contribution is 6.41. The van der Waals surface area contributed by atoms with Crippen LogP contribution >= 0.6 is 0 Å². The lowest BCUT2D eigenvalue weighted by atomic mass is 9.89. The van der Waals surface area contributed by atoms with Gasteiger partial charge in [-0.05, 0) is 31.8 Å². The molecule has 4 heteroatoms. The minimum Gasteiger partial charge on any atom is -0.461 e. The highest BCUT2D eigenvalue weighted by atomic mass is 16.6. The van der Waals surface area contributed by atoms with Crippen LogP contribution < -0.4 is 0 Å². The van der Waals surface area contributed by atoms with Crippen LogP contribution in [-0.2, 0) is 14.4 Å². The van der Waals surface area contributed by atoms with Gasteiger partial charge in [0.05, 0.1) is 6.61 Å². The molecule has 0 aromatic heterocycles. The Morgan fingerprint density at radius 3 is 2.65 bits per heavy atom. The topological polar surface area (TPSA) is 47.9 Å². The fourth-order valence-electron chi connectivity index (χ4n) is 1.99. The summed E-state index contributed by atoms with van der Waals surface area (Å²) < 4.78 is 4.90. The first-order chi connectivity index (χ1) is 8.27.